The molecular formula is C13H25NO2S. The predicted octanol–water partition coefficient (Wildman–Crippen LogP) is 1.84. The Morgan fingerprint density at radius 2 is 1.94 bits per heavy atom. The topological polar surface area (TPSA) is 46.2 Å². The van der Waals surface area contributed by atoms with Crippen LogP contribution in [0.2, 0.25) is 0 Å². The van der Waals surface area contributed by atoms with Gasteiger partial charge in [-0.3, -0.25) is 0 Å². The molecule has 0 heterocycles. The Balaban J connectivity index is 1.78. The zero-order valence-electron chi connectivity index (χ0n) is 11.0. The predicted molar refractivity (Wildman–Crippen MR) is 70.7 cm³/mol. The van der Waals surface area contributed by atoms with Crippen LogP contribution in [0.4, 0.5) is 0 Å². The first-order valence-electron chi connectivity index (χ1n) is 6.94. The zero-order valence-corrected chi connectivity index (χ0v) is 11.8. The SMILES string of the molecule is CCNC(CCCS(C)(=O)=O)C1C2CCCC21. The smallest absolute Gasteiger partial charge is 0.147 e. The molecule has 2 rings (SSSR count). The number of rotatable bonds is 7. The monoisotopic (exact) mass is 259 g/mol. The van der Waals surface area contributed by atoms with Crippen LogP contribution in [-0.2, 0) is 9.84 Å². The first-order valence-corrected chi connectivity index (χ1v) is 9.00. The first-order chi connectivity index (χ1) is 8.03. The molecule has 0 spiro atoms. The van der Waals surface area contributed by atoms with E-state index in [9.17, 15) is 8.42 Å². The van der Waals surface area contributed by atoms with Gasteiger partial charge >= 0.3 is 0 Å². The van der Waals surface area contributed by atoms with Gasteiger partial charge < -0.3 is 5.32 Å². The van der Waals surface area contributed by atoms with Crippen molar-refractivity contribution in [1.82, 2.24) is 5.32 Å². The van der Waals surface area contributed by atoms with Crippen LogP contribution in [0, 0.1) is 17.8 Å². The molecule has 17 heavy (non-hydrogen) atoms. The number of hydrogen-bond donors (Lipinski definition) is 1. The number of fused-ring (bicyclic) bond motifs is 1. The van der Waals surface area contributed by atoms with E-state index >= 15 is 0 Å². The minimum atomic E-state index is -2.79. The van der Waals surface area contributed by atoms with E-state index in [2.05, 4.69) is 12.2 Å². The summed E-state index contributed by atoms with van der Waals surface area (Å²) in [7, 11) is -2.79. The zero-order chi connectivity index (χ0) is 12.5. The lowest BCUT2D eigenvalue weighted by Gasteiger charge is -2.19. The summed E-state index contributed by atoms with van der Waals surface area (Å²) in [6.45, 7) is 3.14. The lowest BCUT2D eigenvalue weighted by atomic mass is 10.00. The standard InChI is InChI=1S/C13H25NO2S/c1-3-14-12(8-5-9-17(2,15)16)13-10-6-4-7-11(10)13/h10-14H,3-9H2,1-2H3. The number of sulfone groups is 1. The van der Waals surface area contributed by atoms with Crippen LogP contribution in [0.5, 0.6) is 0 Å². The van der Waals surface area contributed by atoms with Gasteiger partial charge in [0.25, 0.3) is 0 Å². The largest absolute Gasteiger partial charge is 0.314 e. The Kier molecular flexibility index (Phi) is 4.14. The number of nitrogens with one attached hydrogen (secondary N) is 1. The Labute approximate surface area is 105 Å². The van der Waals surface area contributed by atoms with Crippen LogP contribution in [0.1, 0.15) is 39.0 Å². The van der Waals surface area contributed by atoms with Crippen LogP contribution in [0.25, 0.3) is 0 Å². The van der Waals surface area contributed by atoms with Crippen molar-refractivity contribution in [1.29, 1.82) is 0 Å². The molecule has 3 atom stereocenters. The lowest BCUT2D eigenvalue weighted by Crippen LogP contribution is -2.33. The second-order valence-electron chi connectivity index (χ2n) is 5.77. The van der Waals surface area contributed by atoms with Crippen LogP contribution >= 0.6 is 0 Å². The fourth-order valence-electron chi connectivity index (χ4n) is 3.73. The van der Waals surface area contributed by atoms with Crippen molar-refractivity contribution in [3.8, 4) is 0 Å². The quantitative estimate of drug-likeness (QED) is 0.759. The second kappa shape index (κ2) is 5.27. The molecule has 3 unspecified atom stereocenters. The molecule has 0 aromatic heterocycles. The molecule has 0 aliphatic heterocycles. The Hall–Kier alpha value is -0.0900. The van der Waals surface area contributed by atoms with Gasteiger partial charge in [-0.25, -0.2) is 8.42 Å². The van der Waals surface area contributed by atoms with Gasteiger partial charge in [-0.05, 0) is 50.0 Å². The van der Waals surface area contributed by atoms with Gasteiger partial charge in [0, 0.05) is 18.1 Å². The molecule has 0 radical (unpaired) electrons. The molecule has 2 aliphatic rings. The highest BCUT2D eigenvalue weighted by Gasteiger charge is 2.55. The minimum absolute atomic E-state index is 0.344. The minimum Gasteiger partial charge on any atom is -0.314 e. The van der Waals surface area contributed by atoms with Crippen LogP contribution < -0.4 is 5.32 Å². The molecule has 3 nitrogen and oxygen atoms in total. The molecule has 4 heteroatoms. The van der Waals surface area contributed by atoms with E-state index in [-0.39, 0.29) is 0 Å². The Bertz CT molecular complexity index is 342. The van der Waals surface area contributed by atoms with Crippen LogP contribution in [0.3, 0.4) is 0 Å². The van der Waals surface area contributed by atoms with Crippen molar-refractivity contribution in [2.45, 2.75) is 45.1 Å². The third kappa shape index (κ3) is 3.44. The van der Waals surface area contributed by atoms with Crippen molar-refractivity contribution >= 4 is 9.84 Å². The molecule has 1 N–H and O–H groups in total. The van der Waals surface area contributed by atoms with Gasteiger partial charge in [0.2, 0.25) is 0 Å². The second-order valence-corrected chi connectivity index (χ2v) is 8.03. The maximum absolute atomic E-state index is 11.1. The highest BCUT2D eigenvalue weighted by Crippen LogP contribution is 2.59. The molecule has 0 saturated heterocycles. The van der Waals surface area contributed by atoms with E-state index in [0.29, 0.717) is 11.8 Å². The molecule has 0 bridgehead atoms. The van der Waals surface area contributed by atoms with Crippen molar-refractivity contribution in [3.05, 3.63) is 0 Å². The van der Waals surface area contributed by atoms with E-state index < -0.39 is 9.84 Å². The molecule has 2 aliphatic carbocycles. The van der Waals surface area contributed by atoms with Gasteiger partial charge in [-0.2, -0.15) is 0 Å². The van der Waals surface area contributed by atoms with E-state index in [1.54, 1.807) is 0 Å². The van der Waals surface area contributed by atoms with Gasteiger partial charge in [-0.15, -0.1) is 0 Å². The first kappa shape index (κ1) is 13.3. The van der Waals surface area contributed by atoms with Gasteiger partial charge in [0.1, 0.15) is 9.84 Å². The summed E-state index contributed by atoms with van der Waals surface area (Å²) in [5, 5.41) is 3.56. The number of hydrogen-bond acceptors (Lipinski definition) is 3. The molecular weight excluding hydrogens is 234 g/mol. The van der Waals surface area contributed by atoms with E-state index in [4.69, 9.17) is 0 Å². The maximum Gasteiger partial charge on any atom is 0.147 e. The summed E-state index contributed by atoms with van der Waals surface area (Å²) in [5.74, 6) is 3.11. The molecule has 0 aromatic rings. The Morgan fingerprint density at radius 1 is 1.29 bits per heavy atom. The van der Waals surface area contributed by atoms with Crippen molar-refractivity contribution < 1.29 is 8.42 Å². The third-order valence-electron chi connectivity index (χ3n) is 4.43. The fraction of sp³-hybridized carbons (Fsp3) is 1.00. The Morgan fingerprint density at radius 3 is 2.47 bits per heavy atom. The van der Waals surface area contributed by atoms with Crippen LogP contribution in [0.15, 0.2) is 0 Å². The lowest BCUT2D eigenvalue weighted by molar-refractivity contribution is 0.389. The summed E-state index contributed by atoms with van der Waals surface area (Å²) in [5.41, 5.74) is 0. The van der Waals surface area contributed by atoms with E-state index in [0.717, 1.165) is 37.1 Å². The van der Waals surface area contributed by atoms with E-state index in [1.165, 1.54) is 25.5 Å². The summed E-state index contributed by atoms with van der Waals surface area (Å²) in [6.07, 6.45) is 7.40. The summed E-state index contributed by atoms with van der Waals surface area (Å²) < 4.78 is 22.3. The molecule has 2 fully saturated rings. The molecule has 100 valence electrons. The summed E-state index contributed by atoms with van der Waals surface area (Å²) in [4.78, 5) is 0. The van der Waals surface area contributed by atoms with Crippen molar-refractivity contribution in [2.24, 2.45) is 17.8 Å². The normalized spacial score (nSPS) is 33.4. The average molecular weight is 259 g/mol. The average Bonchev–Trinajstić information content (AvgIpc) is 2.68. The highest BCUT2D eigenvalue weighted by atomic mass is 32.2. The van der Waals surface area contributed by atoms with Crippen molar-refractivity contribution in [3.63, 3.8) is 0 Å². The van der Waals surface area contributed by atoms with Gasteiger partial charge in [0.05, 0.1) is 0 Å². The maximum atomic E-state index is 11.1. The summed E-state index contributed by atoms with van der Waals surface area (Å²) in [6, 6.07) is 0.567. The molecule has 0 amide bonds. The fourth-order valence-corrected chi connectivity index (χ4v) is 4.42. The molecule has 0 aromatic carbocycles. The highest BCUT2D eigenvalue weighted by molar-refractivity contribution is 7.90. The van der Waals surface area contributed by atoms with Gasteiger partial charge in [-0.1, -0.05) is 13.3 Å². The van der Waals surface area contributed by atoms with Gasteiger partial charge in [0.15, 0.2) is 0 Å². The third-order valence-corrected chi connectivity index (χ3v) is 5.46. The molecule has 2 saturated carbocycles. The van der Waals surface area contributed by atoms with E-state index in [1.807, 2.05) is 0 Å². The summed E-state index contributed by atoms with van der Waals surface area (Å²) >= 11 is 0. The van der Waals surface area contributed by atoms with Crippen molar-refractivity contribution in [2.75, 3.05) is 18.6 Å². The van der Waals surface area contributed by atoms with Crippen LogP contribution in [-0.4, -0.2) is 33.0 Å².